The van der Waals surface area contributed by atoms with E-state index >= 15 is 0 Å². The Hall–Kier alpha value is -3.09. The lowest BCUT2D eigenvalue weighted by Crippen LogP contribution is -2.18. The summed E-state index contributed by atoms with van der Waals surface area (Å²) < 4.78 is 6.92. The molecule has 0 unspecified atom stereocenters. The number of hydrogen-bond donors (Lipinski definition) is 1. The molecule has 3 rings (SSSR count). The van der Waals surface area contributed by atoms with Crippen LogP contribution in [-0.2, 0) is 0 Å². The zero-order valence-corrected chi connectivity index (χ0v) is 13.1. The smallest absolute Gasteiger partial charge is 0.318 e. The molecule has 0 aliphatic rings. The van der Waals surface area contributed by atoms with Crippen molar-refractivity contribution in [2.24, 2.45) is 0 Å². The molecule has 3 aromatic rings. The molecule has 7 heteroatoms. The quantitative estimate of drug-likeness (QED) is 0.798. The minimum absolute atomic E-state index is 0.217. The molecule has 23 heavy (non-hydrogen) atoms. The Kier molecular flexibility index (Phi) is 3.84. The first-order valence-corrected chi connectivity index (χ1v) is 7.05. The molecule has 0 radical (unpaired) electrons. The van der Waals surface area contributed by atoms with Gasteiger partial charge in [0.05, 0.1) is 18.9 Å². The second kappa shape index (κ2) is 5.96. The summed E-state index contributed by atoms with van der Waals surface area (Å²) in [6, 6.07) is 7.86. The SMILES string of the molecule is COc1ncc(NC(=O)c2cc3ccccn3c2)c(N(C)C)n1. The van der Waals surface area contributed by atoms with E-state index in [4.69, 9.17) is 4.74 Å². The predicted octanol–water partition coefficient (Wildman–Crippen LogP) is 2.06. The fourth-order valence-electron chi connectivity index (χ4n) is 2.26. The first-order chi connectivity index (χ1) is 11.1. The van der Waals surface area contributed by atoms with Gasteiger partial charge in [0.25, 0.3) is 5.91 Å². The summed E-state index contributed by atoms with van der Waals surface area (Å²) >= 11 is 0. The lowest BCUT2D eigenvalue weighted by molar-refractivity contribution is 0.102. The molecular weight excluding hydrogens is 294 g/mol. The third-order valence-electron chi connectivity index (χ3n) is 3.37. The molecule has 0 saturated carbocycles. The molecule has 0 aliphatic heterocycles. The summed E-state index contributed by atoms with van der Waals surface area (Å²) in [5.74, 6) is 0.361. The van der Waals surface area contributed by atoms with E-state index in [1.54, 1.807) is 11.1 Å². The molecule has 1 amide bonds. The fraction of sp³-hybridized carbons (Fsp3) is 0.188. The maximum atomic E-state index is 12.5. The van der Waals surface area contributed by atoms with Gasteiger partial charge in [-0.05, 0) is 18.2 Å². The Morgan fingerprint density at radius 1 is 1.35 bits per heavy atom. The van der Waals surface area contributed by atoms with Gasteiger partial charge in [0.1, 0.15) is 5.69 Å². The van der Waals surface area contributed by atoms with Crippen molar-refractivity contribution < 1.29 is 9.53 Å². The highest BCUT2D eigenvalue weighted by atomic mass is 16.5. The monoisotopic (exact) mass is 311 g/mol. The lowest BCUT2D eigenvalue weighted by Gasteiger charge is -2.16. The summed E-state index contributed by atoms with van der Waals surface area (Å²) in [6.07, 6.45) is 5.22. The number of nitrogens with one attached hydrogen (secondary N) is 1. The molecule has 7 nitrogen and oxygen atoms in total. The van der Waals surface area contributed by atoms with Gasteiger partial charge in [0.15, 0.2) is 5.82 Å². The predicted molar refractivity (Wildman–Crippen MR) is 88.3 cm³/mol. The average Bonchev–Trinajstić information content (AvgIpc) is 2.99. The van der Waals surface area contributed by atoms with E-state index in [0.717, 1.165) is 5.52 Å². The Bertz CT molecular complexity index is 824. The lowest BCUT2D eigenvalue weighted by atomic mass is 10.3. The number of nitrogens with zero attached hydrogens (tertiary/aromatic N) is 4. The first kappa shape index (κ1) is 14.8. The van der Waals surface area contributed by atoms with E-state index in [0.29, 0.717) is 17.1 Å². The van der Waals surface area contributed by atoms with E-state index in [1.807, 2.05) is 49.0 Å². The van der Waals surface area contributed by atoms with E-state index in [-0.39, 0.29) is 11.9 Å². The number of methoxy groups -OCH3 is 1. The van der Waals surface area contributed by atoms with Gasteiger partial charge in [0, 0.05) is 32.0 Å². The molecule has 3 aromatic heterocycles. The van der Waals surface area contributed by atoms with Crippen LogP contribution in [0.15, 0.2) is 42.9 Å². The van der Waals surface area contributed by atoms with Gasteiger partial charge in [-0.3, -0.25) is 4.79 Å². The summed E-state index contributed by atoms with van der Waals surface area (Å²) in [4.78, 5) is 22.6. The second-order valence-corrected chi connectivity index (χ2v) is 5.20. The molecule has 0 spiro atoms. The molecule has 0 saturated heterocycles. The number of aromatic nitrogens is 3. The van der Waals surface area contributed by atoms with Gasteiger partial charge in [-0.2, -0.15) is 4.98 Å². The van der Waals surface area contributed by atoms with Crippen LogP contribution in [0.2, 0.25) is 0 Å². The van der Waals surface area contributed by atoms with Crippen molar-refractivity contribution in [3.05, 3.63) is 48.4 Å². The standard InChI is InChI=1S/C16H17N5O2/c1-20(2)14-13(9-17-16(19-14)23-3)18-15(22)11-8-12-6-4-5-7-21(12)10-11/h4-10H,1-3H3,(H,18,22). The van der Waals surface area contributed by atoms with Crippen molar-refractivity contribution in [3.63, 3.8) is 0 Å². The zero-order valence-electron chi connectivity index (χ0n) is 13.1. The Morgan fingerprint density at radius 3 is 2.87 bits per heavy atom. The topological polar surface area (TPSA) is 71.8 Å². The molecule has 0 aromatic carbocycles. The van der Waals surface area contributed by atoms with Crippen LogP contribution >= 0.6 is 0 Å². The largest absolute Gasteiger partial charge is 0.467 e. The van der Waals surface area contributed by atoms with Gasteiger partial charge in [-0.15, -0.1) is 0 Å². The maximum absolute atomic E-state index is 12.5. The molecule has 3 heterocycles. The highest BCUT2D eigenvalue weighted by Gasteiger charge is 2.15. The first-order valence-electron chi connectivity index (χ1n) is 7.05. The summed E-state index contributed by atoms with van der Waals surface area (Å²) in [6.45, 7) is 0. The minimum Gasteiger partial charge on any atom is -0.467 e. The number of fused-ring (bicyclic) bond motifs is 1. The normalized spacial score (nSPS) is 10.6. The van der Waals surface area contributed by atoms with Crippen LogP contribution in [0.5, 0.6) is 6.01 Å². The number of carbonyl (C=O) groups excluding carboxylic acids is 1. The third-order valence-corrected chi connectivity index (χ3v) is 3.37. The number of rotatable bonds is 4. The van der Waals surface area contributed by atoms with Crippen LogP contribution < -0.4 is 15.0 Å². The Balaban J connectivity index is 1.90. The average molecular weight is 311 g/mol. The van der Waals surface area contributed by atoms with Crippen molar-refractivity contribution in [1.29, 1.82) is 0 Å². The number of carbonyl (C=O) groups is 1. The highest BCUT2D eigenvalue weighted by molar-refractivity contribution is 6.06. The summed E-state index contributed by atoms with van der Waals surface area (Å²) in [5, 5.41) is 2.85. The van der Waals surface area contributed by atoms with Crippen molar-refractivity contribution in [1.82, 2.24) is 14.4 Å². The van der Waals surface area contributed by atoms with Crippen molar-refractivity contribution in [2.45, 2.75) is 0 Å². The molecule has 0 aliphatic carbocycles. The van der Waals surface area contributed by atoms with E-state index < -0.39 is 0 Å². The van der Waals surface area contributed by atoms with Crippen molar-refractivity contribution >= 4 is 22.9 Å². The van der Waals surface area contributed by atoms with Crippen molar-refractivity contribution in [2.75, 3.05) is 31.4 Å². The number of pyridine rings is 1. The van der Waals surface area contributed by atoms with Crippen LogP contribution in [0.25, 0.3) is 5.52 Å². The second-order valence-electron chi connectivity index (χ2n) is 5.20. The van der Waals surface area contributed by atoms with Gasteiger partial charge in [0.2, 0.25) is 0 Å². The van der Waals surface area contributed by atoms with Crippen molar-refractivity contribution in [3.8, 4) is 6.01 Å². The highest BCUT2D eigenvalue weighted by Crippen LogP contribution is 2.23. The molecule has 118 valence electrons. The van der Waals surface area contributed by atoms with Gasteiger partial charge < -0.3 is 19.4 Å². The van der Waals surface area contributed by atoms with Crippen LogP contribution in [0.3, 0.4) is 0 Å². The third kappa shape index (κ3) is 2.94. The van der Waals surface area contributed by atoms with Crippen LogP contribution in [-0.4, -0.2) is 41.5 Å². The van der Waals surface area contributed by atoms with E-state index in [2.05, 4.69) is 15.3 Å². The van der Waals surface area contributed by atoms with Gasteiger partial charge >= 0.3 is 6.01 Å². The van der Waals surface area contributed by atoms with Gasteiger partial charge in [-0.1, -0.05) is 6.07 Å². The van der Waals surface area contributed by atoms with Crippen LogP contribution in [0.4, 0.5) is 11.5 Å². The number of ether oxygens (including phenoxy) is 1. The van der Waals surface area contributed by atoms with Gasteiger partial charge in [-0.25, -0.2) is 4.98 Å². The van der Waals surface area contributed by atoms with E-state index in [1.165, 1.54) is 13.3 Å². The number of anilines is 2. The molecule has 1 N–H and O–H groups in total. The zero-order chi connectivity index (χ0) is 16.4. The maximum Gasteiger partial charge on any atom is 0.318 e. The minimum atomic E-state index is -0.217. The van der Waals surface area contributed by atoms with E-state index in [9.17, 15) is 4.79 Å². The Morgan fingerprint density at radius 2 is 2.17 bits per heavy atom. The molecular formula is C16H17N5O2. The van der Waals surface area contributed by atoms with Crippen LogP contribution in [0, 0.1) is 0 Å². The summed E-state index contributed by atoms with van der Waals surface area (Å²) in [7, 11) is 5.17. The van der Waals surface area contributed by atoms with Crippen LogP contribution in [0.1, 0.15) is 10.4 Å². The number of amides is 1. The Labute approximate surface area is 133 Å². The molecule has 0 bridgehead atoms. The molecule has 0 fully saturated rings. The molecule has 0 atom stereocenters. The summed E-state index contributed by atoms with van der Waals surface area (Å²) in [5.41, 5.74) is 2.05. The number of hydrogen-bond acceptors (Lipinski definition) is 5. The fourth-order valence-corrected chi connectivity index (χ4v) is 2.26.